The molecule has 1 saturated heterocycles. The maximum Gasteiger partial charge on any atom is 0.411 e. The van der Waals surface area contributed by atoms with Gasteiger partial charge >= 0.3 is 12.1 Å². The molecule has 1 heterocycles. The number of ether oxygens (including phenoxy) is 2. The van der Waals surface area contributed by atoms with Gasteiger partial charge in [0.15, 0.2) is 0 Å². The summed E-state index contributed by atoms with van der Waals surface area (Å²) in [6.45, 7) is 2.42. The Morgan fingerprint density at radius 3 is 2.62 bits per heavy atom. The first-order valence-corrected chi connectivity index (χ1v) is 7.99. The van der Waals surface area contributed by atoms with Crippen molar-refractivity contribution in [3.63, 3.8) is 0 Å². The summed E-state index contributed by atoms with van der Waals surface area (Å²) in [5.74, 6) is -0.647. The molecule has 2 amide bonds. The molecule has 7 heteroatoms. The number of nitrogens with zero attached hydrogens (tertiary/aromatic N) is 2. The topological polar surface area (TPSA) is 76.2 Å². The van der Waals surface area contributed by atoms with Crippen LogP contribution in [-0.2, 0) is 25.7 Å². The summed E-state index contributed by atoms with van der Waals surface area (Å²) >= 11 is 0. The zero-order valence-corrected chi connectivity index (χ0v) is 13.8. The quantitative estimate of drug-likeness (QED) is 0.767. The number of esters is 1. The molecule has 7 nitrogen and oxygen atoms in total. The Balaban J connectivity index is 1.91. The zero-order valence-electron chi connectivity index (χ0n) is 13.8. The van der Waals surface area contributed by atoms with Crippen molar-refractivity contribution in [2.24, 2.45) is 0 Å². The van der Waals surface area contributed by atoms with Crippen molar-refractivity contribution in [1.29, 1.82) is 0 Å². The summed E-state index contributed by atoms with van der Waals surface area (Å²) in [5.41, 5.74) is 0.889. The number of hydrogen-bond donors (Lipinski definition) is 0. The maximum absolute atomic E-state index is 12.2. The van der Waals surface area contributed by atoms with Crippen LogP contribution in [0, 0.1) is 0 Å². The summed E-state index contributed by atoms with van der Waals surface area (Å²) in [5, 5.41) is 0. The lowest BCUT2D eigenvalue weighted by atomic mass is 10.2. The highest BCUT2D eigenvalue weighted by molar-refractivity contribution is 5.82. The van der Waals surface area contributed by atoms with Crippen LogP contribution >= 0.6 is 0 Å². The summed E-state index contributed by atoms with van der Waals surface area (Å²) in [6.07, 6.45) is 0.336. The van der Waals surface area contributed by atoms with Crippen LogP contribution in [0.4, 0.5) is 4.79 Å². The summed E-state index contributed by atoms with van der Waals surface area (Å²) in [7, 11) is 0. The second-order valence-corrected chi connectivity index (χ2v) is 5.45. The van der Waals surface area contributed by atoms with Gasteiger partial charge in [0.2, 0.25) is 5.91 Å². The van der Waals surface area contributed by atoms with Crippen LogP contribution < -0.4 is 0 Å². The van der Waals surface area contributed by atoms with Crippen molar-refractivity contribution >= 4 is 18.0 Å². The van der Waals surface area contributed by atoms with E-state index in [1.807, 2.05) is 30.3 Å². The van der Waals surface area contributed by atoms with Gasteiger partial charge in [0.1, 0.15) is 13.2 Å². The Kier molecular flexibility index (Phi) is 6.60. The molecule has 1 fully saturated rings. The molecule has 0 aliphatic carbocycles. The van der Waals surface area contributed by atoms with Gasteiger partial charge in [-0.2, -0.15) is 0 Å². The number of hydrogen-bond acceptors (Lipinski definition) is 5. The number of rotatable bonds is 5. The largest absolute Gasteiger partial charge is 0.465 e. The van der Waals surface area contributed by atoms with Gasteiger partial charge in [-0.15, -0.1) is 0 Å². The van der Waals surface area contributed by atoms with Crippen LogP contribution in [0.1, 0.15) is 25.3 Å². The molecule has 1 aliphatic rings. The average molecular weight is 334 g/mol. The second kappa shape index (κ2) is 8.90. The molecule has 2 rings (SSSR count). The lowest BCUT2D eigenvalue weighted by Crippen LogP contribution is -2.44. The maximum atomic E-state index is 12.2. The minimum Gasteiger partial charge on any atom is -0.465 e. The summed E-state index contributed by atoms with van der Waals surface area (Å²) < 4.78 is 10.2. The van der Waals surface area contributed by atoms with Crippen LogP contribution in [0.5, 0.6) is 0 Å². The number of amides is 2. The highest BCUT2D eigenvalue weighted by atomic mass is 16.6. The zero-order chi connectivity index (χ0) is 17.4. The molecule has 0 unspecified atom stereocenters. The van der Waals surface area contributed by atoms with Crippen LogP contribution in [0.3, 0.4) is 0 Å². The van der Waals surface area contributed by atoms with Gasteiger partial charge in [-0.1, -0.05) is 30.3 Å². The van der Waals surface area contributed by atoms with Gasteiger partial charge in [0.05, 0.1) is 13.3 Å². The van der Waals surface area contributed by atoms with Crippen molar-refractivity contribution in [1.82, 2.24) is 9.80 Å². The average Bonchev–Trinajstić information content (AvgIpc) is 2.76. The second-order valence-electron chi connectivity index (χ2n) is 5.45. The van der Waals surface area contributed by atoms with E-state index in [1.165, 1.54) is 9.80 Å². The van der Waals surface area contributed by atoms with Gasteiger partial charge in [-0.25, -0.2) is 4.79 Å². The molecular formula is C17H22N2O5. The first kappa shape index (κ1) is 17.8. The first-order valence-electron chi connectivity index (χ1n) is 7.99. The van der Waals surface area contributed by atoms with Crippen LogP contribution in [0.2, 0.25) is 0 Å². The first-order chi connectivity index (χ1) is 11.6. The molecule has 1 aromatic rings. The lowest BCUT2D eigenvalue weighted by molar-refractivity contribution is -0.149. The molecule has 0 saturated carbocycles. The Hall–Kier alpha value is -2.57. The van der Waals surface area contributed by atoms with Gasteiger partial charge in [-0.05, 0) is 18.9 Å². The molecule has 1 aromatic carbocycles. The highest BCUT2D eigenvalue weighted by Crippen LogP contribution is 2.11. The van der Waals surface area contributed by atoms with E-state index in [-0.39, 0.29) is 32.3 Å². The third-order valence-electron chi connectivity index (χ3n) is 3.60. The SMILES string of the molecule is CCOC(=O)CN1CN(C(=O)OCc2ccccc2)CCCC1=O. The van der Waals surface area contributed by atoms with E-state index in [0.29, 0.717) is 19.4 Å². The van der Waals surface area contributed by atoms with E-state index in [9.17, 15) is 14.4 Å². The van der Waals surface area contributed by atoms with Crippen molar-refractivity contribution < 1.29 is 23.9 Å². The van der Waals surface area contributed by atoms with E-state index in [1.54, 1.807) is 6.92 Å². The number of carbonyl (C=O) groups excluding carboxylic acids is 3. The van der Waals surface area contributed by atoms with Gasteiger partial charge in [-0.3, -0.25) is 14.5 Å². The molecule has 0 atom stereocenters. The normalized spacial score (nSPS) is 15.0. The fraction of sp³-hybridized carbons (Fsp3) is 0.471. The third kappa shape index (κ3) is 5.26. The van der Waals surface area contributed by atoms with Crippen molar-refractivity contribution in [3.05, 3.63) is 35.9 Å². The Labute approximate surface area is 141 Å². The molecule has 0 bridgehead atoms. The Morgan fingerprint density at radius 2 is 1.92 bits per heavy atom. The van der Waals surface area contributed by atoms with Crippen molar-refractivity contribution in [3.8, 4) is 0 Å². The van der Waals surface area contributed by atoms with Crippen LogP contribution in [0.15, 0.2) is 30.3 Å². The molecule has 1 aliphatic heterocycles. The molecule has 0 radical (unpaired) electrons. The van der Waals surface area contributed by atoms with E-state index in [2.05, 4.69) is 0 Å². The fourth-order valence-corrected chi connectivity index (χ4v) is 2.40. The van der Waals surface area contributed by atoms with E-state index >= 15 is 0 Å². The molecule has 0 aromatic heterocycles. The van der Waals surface area contributed by atoms with Crippen molar-refractivity contribution in [2.75, 3.05) is 26.4 Å². The summed E-state index contributed by atoms with van der Waals surface area (Å²) in [4.78, 5) is 38.6. The van der Waals surface area contributed by atoms with Crippen LogP contribution in [0.25, 0.3) is 0 Å². The van der Waals surface area contributed by atoms with E-state index < -0.39 is 12.1 Å². The minimum atomic E-state index is -0.498. The third-order valence-corrected chi connectivity index (χ3v) is 3.60. The highest BCUT2D eigenvalue weighted by Gasteiger charge is 2.27. The molecular weight excluding hydrogens is 312 g/mol. The number of carbonyl (C=O) groups is 3. The Morgan fingerprint density at radius 1 is 1.17 bits per heavy atom. The molecule has 0 spiro atoms. The monoisotopic (exact) mass is 334 g/mol. The van der Waals surface area contributed by atoms with E-state index in [0.717, 1.165) is 5.56 Å². The smallest absolute Gasteiger partial charge is 0.411 e. The van der Waals surface area contributed by atoms with Gasteiger partial charge < -0.3 is 14.4 Å². The molecule has 0 N–H and O–H groups in total. The van der Waals surface area contributed by atoms with Gasteiger partial charge in [0, 0.05) is 13.0 Å². The number of benzene rings is 1. The molecule has 24 heavy (non-hydrogen) atoms. The minimum absolute atomic E-state index is 0.0330. The van der Waals surface area contributed by atoms with Crippen molar-refractivity contribution in [2.45, 2.75) is 26.4 Å². The Bertz CT molecular complexity index is 576. The molecule has 130 valence electrons. The standard InChI is InChI=1S/C17H22N2O5/c1-2-23-16(21)11-19-13-18(10-6-9-15(19)20)17(22)24-12-14-7-4-3-5-8-14/h3-5,7-8H,2,6,9-13H2,1H3. The predicted octanol–water partition coefficient (Wildman–Crippen LogP) is 1.77. The fourth-order valence-electron chi connectivity index (χ4n) is 2.40. The van der Waals surface area contributed by atoms with Crippen LogP contribution in [-0.4, -0.2) is 54.1 Å². The summed E-state index contributed by atoms with van der Waals surface area (Å²) in [6, 6.07) is 9.36. The van der Waals surface area contributed by atoms with E-state index in [4.69, 9.17) is 9.47 Å². The predicted molar refractivity (Wildman–Crippen MR) is 85.8 cm³/mol. The lowest BCUT2D eigenvalue weighted by Gasteiger charge is -2.26. The van der Waals surface area contributed by atoms with Gasteiger partial charge in [0.25, 0.3) is 0 Å².